The number of furan rings is 1. The lowest BCUT2D eigenvalue weighted by Gasteiger charge is -2.19. The summed E-state index contributed by atoms with van der Waals surface area (Å²) in [6, 6.07) is 9.40. The smallest absolute Gasteiger partial charge is 0.143 e. The molecule has 0 aliphatic rings. The number of rotatable bonds is 4. The molecule has 108 valence electrons. The Kier molecular flexibility index (Phi) is 4.21. The number of halogens is 2. The van der Waals surface area contributed by atoms with Crippen molar-refractivity contribution in [2.24, 2.45) is 7.05 Å². The van der Waals surface area contributed by atoms with Gasteiger partial charge in [0.15, 0.2) is 0 Å². The first kappa shape index (κ1) is 14.5. The summed E-state index contributed by atoms with van der Waals surface area (Å²) < 4.78 is 8.59. The first-order valence-electron chi connectivity index (χ1n) is 6.37. The molecule has 3 rings (SSSR count). The molecule has 2 heterocycles. The maximum absolute atomic E-state index is 6.01. The van der Waals surface area contributed by atoms with Gasteiger partial charge in [-0.15, -0.1) is 0 Å². The average molecular weight is 414 g/mol. The molecule has 0 saturated carbocycles. The molecule has 1 N–H and O–H groups in total. The molecule has 1 aromatic carbocycles. The first-order chi connectivity index (χ1) is 10.1. The summed E-state index contributed by atoms with van der Waals surface area (Å²) in [7, 11) is 1.97. The summed E-state index contributed by atoms with van der Waals surface area (Å²) in [5.41, 5.74) is 0.990. The van der Waals surface area contributed by atoms with E-state index < -0.39 is 0 Å². The van der Waals surface area contributed by atoms with Gasteiger partial charge in [0.25, 0.3) is 0 Å². The molecule has 6 heteroatoms. The van der Waals surface area contributed by atoms with E-state index in [-0.39, 0.29) is 6.04 Å². The van der Waals surface area contributed by atoms with Crippen LogP contribution in [0.1, 0.15) is 17.6 Å². The topological polar surface area (TPSA) is 43.0 Å². The van der Waals surface area contributed by atoms with Gasteiger partial charge in [0.1, 0.15) is 17.6 Å². The fourth-order valence-corrected chi connectivity index (χ4v) is 3.16. The van der Waals surface area contributed by atoms with E-state index in [4.69, 9.17) is 16.0 Å². The third kappa shape index (κ3) is 3.08. The molecule has 1 unspecified atom stereocenters. The van der Waals surface area contributed by atoms with Crippen LogP contribution in [-0.4, -0.2) is 9.55 Å². The highest BCUT2D eigenvalue weighted by Crippen LogP contribution is 2.29. The minimum atomic E-state index is -0.158. The number of benzene rings is 1. The molecule has 2 aromatic heterocycles. The largest absolute Gasteiger partial charge is 0.467 e. The molecule has 0 saturated heterocycles. The van der Waals surface area contributed by atoms with Crippen molar-refractivity contribution >= 4 is 39.9 Å². The zero-order chi connectivity index (χ0) is 14.8. The van der Waals surface area contributed by atoms with Crippen LogP contribution in [0.4, 0.5) is 5.69 Å². The molecular weight excluding hydrogens is 401 g/mol. The number of nitrogens with one attached hydrogen (secondary N) is 1. The predicted molar refractivity (Wildman–Crippen MR) is 91.6 cm³/mol. The zero-order valence-corrected chi connectivity index (χ0v) is 14.2. The van der Waals surface area contributed by atoms with Gasteiger partial charge in [-0.3, -0.25) is 0 Å². The van der Waals surface area contributed by atoms with Crippen molar-refractivity contribution in [3.63, 3.8) is 0 Å². The quantitative estimate of drug-likeness (QED) is 0.642. The first-order valence-corrected chi connectivity index (χ1v) is 7.83. The normalized spacial score (nSPS) is 12.3. The van der Waals surface area contributed by atoms with E-state index in [1.54, 1.807) is 12.5 Å². The fraction of sp³-hybridized carbons (Fsp3) is 0.133. The monoisotopic (exact) mass is 413 g/mol. The molecule has 0 radical (unpaired) electrons. The van der Waals surface area contributed by atoms with Crippen LogP contribution in [0.3, 0.4) is 0 Å². The highest BCUT2D eigenvalue weighted by molar-refractivity contribution is 14.1. The van der Waals surface area contributed by atoms with Gasteiger partial charge in [0.2, 0.25) is 0 Å². The van der Waals surface area contributed by atoms with Gasteiger partial charge < -0.3 is 14.3 Å². The van der Waals surface area contributed by atoms with E-state index in [1.807, 2.05) is 48.1 Å². The minimum Gasteiger partial charge on any atom is -0.467 e. The summed E-state index contributed by atoms with van der Waals surface area (Å²) in [5.74, 6) is 1.70. The lowest BCUT2D eigenvalue weighted by Crippen LogP contribution is -2.16. The van der Waals surface area contributed by atoms with Gasteiger partial charge in [0.05, 0.1) is 6.26 Å². The van der Waals surface area contributed by atoms with E-state index in [1.165, 1.54) is 0 Å². The van der Waals surface area contributed by atoms with Crippen molar-refractivity contribution in [1.82, 2.24) is 9.55 Å². The van der Waals surface area contributed by atoms with Crippen molar-refractivity contribution in [2.75, 3.05) is 5.32 Å². The average Bonchev–Trinajstić information content (AvgIpc) is 3.10. The van der Waals surface area contributed by atoms with Gasteiger partial charge in [-0.2, -0.15) is 0 Å². The molecule has 21 heavy (non-hydrogen) atoms. The second-order valence-corrected chi connectivity index (χ2v) is 6.21. The van der Waals surface area contributed by atoms with Gasteiger partial charge in [-0.25, -0.2) is 4.98 Å². The molecular formula is C15H13ClIN3O. The summed E-state index contributed by atoms with van der Waals surface area (Å²) >= 11 is 8.27. The lowest BCUT2D eigenvalue weighted by molar-refractivity contribution is 0.488. The Balaban J connectivity index is 1.99. The molecule has 0 amide bonds. The Hall–Kier alpha value is -1.47. The molecule has 0 aliphatic heterocycles. The van der Waals surface area contributed by atoms with Crippen LogP contribution < -0.4 is 5.32 Å². The van der Waals surface area contributed by atoms with Crippen LogP contribution in [0.25, 0.3) is 0 Å². The number of aromatic nitrogens is 2. The second kappa shape index (κ2) is 6.11. The lowest BCUT2D eigenvalue weighted by atomic mass is 10.2. The number of nitrogens with zero attached hydrogens (tertiary/aromatic N) is 2. The standard InChI is InChI=1S/C15H13ClIN3O/c1-20-7-6-18-15(20)14(13-3-2-8-21-13)19-12-5-4-10(16)9-11(12)17/h2-9,14,19H,1H3. The van der Waals surface area contributed by atoms with Crippen molar-refractivity contribution in [1.29, 1.82) is 0 Å². The highest BCUT2D eigenvalue weighted by atomic mass is 127. The van der Waals surface area contributed by atoms with E-state index in [9.17, 15) is 0 Å². The molecule has 0 bridgehead atoms. The fourth-order valence-electron chi connectivity index (χ4n) is 2.14. The summed E-state index contributed by atoms with van der Waals surface area (Å²) in [4.78, 5) is 4.43. The molecule has 4 nitrogen and oxygen atoms in total. The number of imidazole rings is 1. The Labute approximate surface area is 141 Å². The third-order valence-electron chi connectivity index (χ3n) is 3.18. The van der Waals surface area contributed by atoms with Gasteiger partial charge in [-0.1, -0.05) is 11.6 Å². The molecule has 0 spiro atoms. The van der Waals surface area contributed by atoms with Crippen molar-refractivity contribution in [2.45, 2.75) is 6.04 Å². The van der Waals surface area contributed by atoms with Crippen LogP contribution in [0, 0.1) is 3.57 Å². The van der Waals surface area contributed by atoms with E-state index in [0.717, 1.165) is 25.9 Å². The van der Waals surface area contributed by atoms with Crippen LogP contribution in [0.5, 0.6) is 0 Å². The predicted octanol–water partition coefficient (Wildman–Crippen LogP) is 4.47. The number of anilines is 1. The Bertz CT molecular complexity index is 739. The third-order valence-corrected chi connectivity index (χ3v) is 4.30. The van der Waals surface area contributed by atoms with Crippen LogP contribution in [-0.2, 0) is 7.05 Å². The molecule has 0 aliphatic carbocycles. The highest BCUT2D eigenvalue weighted by Gasteiger charge is 2.21. The Morgan fingerprint density at radius 2 is 2.24 bits per heavy atom. The van der Waals surface area contributed by atoms with Gasteiger partial charge in [0, 0.05) is 33.7 Å². The summed E-state index contributed by atoms with van der Waals surface area (Å²) in [5, 5.41) is 4.20. The molecule has 1 atom stereocenters. The minimum absolute atomic E-state index is 0.158. The molecule has 3 aromatic rings. The molecule has 0 fully saturated rings. The number of hydrogen-bond acceptors (Lipinski definition) is 3. The van der Waals surface area contributed by atoms with Crippen molar-refractivity contribution in [3.05, 3.63) is 69.2 Å². The van der Waals surface area contributed by atoms with Gasteiger partial charge >= 0.3 is 0 Å². The van der Waals surface area contributed by atoms with Crippen LogP contribution >= 0.6 is 34.2 Å². The maximum Gasteiger partial charge on any atom is 0.143 e. The van der Waals surface area contributed by atoms with Crippen LogP contribution in [0.15, 0.2) is 53.4 Å². The number of aryl methyl sites for hydroxylation is 1. The maximum atomic E-state index is 6.01. The SMILES string of the molecule is Cn1ccnc1C(Nc1ccc(Cl)cc1I)c1ccco1. The zero-order valence-electron chi connectivity index (χ0n) is 11.3. The summed E-state index contributed by atoms with van der Waals surface area (Å²) in [6.45, 7) is 0. The van der Waals surface area contributed by atoms with Crippen molar-refractivity contribution < 1.29 is 4.42 Å². The van der Waals surface area contributed by atoms with Crippen molar-refractivity contribution in [3.8, 4) is 0 Å². The van der Waals surface area contributed by atoms with Gasteiger partial charge in [-0.05, 0) is 52.9 Å². The Morgan fingerprint density at radius 3 is 2.86 bits per heavy atom. The van der Waals surface area contributed by atoms with Crippen LogP contribution in [0.2, 0.25) is 5.02 Å². The van der Waals surface area contributed by atoms with E-state index >= 15 is 0 Å². The second-order valence-electron chi connectivity index (χ2n) is 4.61. The Morgan fingerprint density at radius 1 is 1.38 bits per heavy atom. The van der Waals surface area contributed by atoms with E-state index in [0.29, 0.717) is 0 Å². The number of hydrogen-bond donors (Lipinski definition) is 1. The van der Waals surface area contributed by atoms with E-state index in [2.05, 4.69) is 32.9 Å². The summed E-state index contributed by atoms with van der Waals surface area (Å²) in [6.07, 6.45) is 5.36.